The van der Waals surface area contributed by atoms with E-state index in [1.54, 1.807) is 4.68 Å². The Balaban J connectivity index is 1.93. The van der Waals surface area contributed by atoms with Crippen molar-refractivity contribution in [3.63, 3.8) is 0 Å². The van der Waals surface area contributed by atoms with E-state index in [9.17, 15) is 4.79 Å². The van der Waals surface area contributed by atoms with Gasteiger partial charge in [0.15, 0.2) is 11.4 Å². The van der Waals surface area contributed by atoms with Gasteiger partial charge in [0.1, 0.15) is 0 Å². The monoisotopic (exact) mass is 573 g/mol. The number of rotatable bonds is 4. The van der Waals surface area contributed by atoms with E-state index in [-0.39, 0.29) is 5.78 Å². The Kier molecular flexibility index (Phi) is 5.96. The molecule has 0 aliphatic rings. The van der Waals surface area contributed by atoms with Gasteiger partial charge in [-0.25, -0.2) is 4.98 Å². The van der Waals surface area contributed by atoms with Crippen molar-refractivity contribution in [3.8, 4) is 22.4 Å². The van der Waals surface area contributed by atoms with E-state index in [1.807, 2.05) is 62.5 Å². The number of benzene rings is 3. The van der Waals surface area contributed by atoms with Crippen molar-refractivity contribution < 1.29 is 4.79 Å². The Morgan fingerprint density at radius 2 is 1.35 bits per heavy atom. The molecule has 0 bridgehead atoms. The summed E-state index contributed by atoms with van der Waals surface area (Å²) in [6, 6.07) is 23.8. The molecule has 0 radical (unpaired) electrons. The molecule has 34 heavy (non-hydrogen) atoms. The van der Waals surface area contributed by atoms with Crippen LogP contribution in [0.4, 0.5) is 0 Å². The minimum atomic E-state index is -0.0510. The minimum absolute atomic E-state index is 0.0510. The van der Waals surface area contributed by atoms with Crippen LogP contribution < -0.4 is 0 Å². The van der Waals surface area contributed by atoms with Crippen molar-refractivity contribution in [2.45, 2.75) is 13.8 Å². The molecule has 5 rings (SSSR count). The van der Waals surface area contributed by atoms with Crippen LogP contribution in [-0.4, -0.2) is 20.5 Å². The Bertz CT molecular complexity index is 1530. The van der Waals surface area contributed by atoms with Crippen molar-refractivity contribution in [1.82, 2.24) is 14.8 Å². The first-order chi connectivity index (χ1) is 16.3. The molecule has 168 valence electrons. The zero-order valence-corrected chi connectivity index (χ0v) is 22.1. The van der Waals surface area contributed by atoms with Crippen LogP contribution in [0.5, 0.6) is 0 Å². The Labute approximate surface area is 214 Å². The summed E-state index contributed by atoms with van der Waals surface area (Å²) in [4.78, 5) is 19.2. The van der Waals surface area contributed by atoms with Crippen LogP contribution in [0, 0.1) is 13.8 Å². The van der Waals surface area contributed by atoms with Gasteiger partial charge in [-0.3, -0.25) is 9.48 Å². The Morgan fingerprint density at radius 1 is 0.794 bits per heavy atom. The van der Waals surface area contributed by atoms with E-state index in [0.717, 1.165) is 48.0 Å². The van der Waals surface area contributed by atoms with E-state index in [4.69, 9.17) is 4.98 Å². The maximum atomic E-state index is 14.1. The predicted molar refractivity (Wildman–Crippen MR) is 144 cm³/mol. The van der Waals surface area contributed by atoms with Gasteiger partial charge in [-0.1, -0.05) is 73.8 Å². The molecule has 6 heteroatoms. The number of fused-ring (bicyclic) bond motifs is 1. The predicted octanol–water partition coefficient (Wildman–Crippen LogP) is 7.68. The number of halogens is 2. The van der Waals surface area contributed by atoms with Crippen molar-refractivity contribution in [2.24, 2.45) is 7.05 Å². The highest BCUT2D eigenvalue weighted by Gasteiger charge is 2.27. The zero-order chi connectivity index (χ0) is 24.0. The molecule has 0 unspecified atom stereocenters. The number of carbonyl (C=O) groups excluding carboxylic acids is 1. The van der Waals surface area contributed by atoms with Gasteiger partial charge in [0.05, 0.1) is 16.8 Å². The van der Waals surface area contributed by atoms with Gasteiger partial charge >= 0.3 is 0 Å². The first-order valence-electron chi connectivity index (χ1n) is 10.8. The largest absolute Gasteiger partial charge is 0.289 e. The van der Waals surface area contributed by atoms with Crippen LogP contribution in [0.15, 0.2) is 81.7 Å². The van der Waals surface area contributed by atoms with E-state index >= 15 is 0 Å². The van der Waals surface area contributed by atoms with E-state index < -0.39 is 0 Å². The first kappa shape index (κ1) is 22.7. The molecule has 0 aliphatic heterocycles. The number of aromatic nitrogens is 3. The number of aryl methyl sites for hydroxylation is 3. The van der Waals surface area contributed by atoms with Gasteiger partial charge in [-0.2, -0.15) is 5.10 Å². The average molecular weight is 575 g/mol. The second kappa shape index (κ2) is 8.93. The third-order valence-electron chi connectivity index (χ3n) is 5.94. The molecule has 0 atom stereocenters. The first-order valence-corrected chi connectivity index (χ1v) is 12.4. The molecular formula is C28H21Br2N3O. The van der Waals surface area contributed by atoms with Gasteiger partial charge in [0.2, 0.25) is 0 Å². The van der Waals surface area contributed by atoms with Crippen LogP contribution in [0.1, 0.15) is 27.2 Å². The van der Waals surface area contributed by atoms with Crippen molar-refractivity contribution in [1.29, 1.82) is 0 Å². The number of hydrogen-bond acceptors (Lipinski definition) is 3. The van der Waals surface area contributed by atoms with Gasteiger partial charge in [-0.15, -0.1) is 0 Å². The summed E-state index contributed by atoms with van der Waals surface area (Å²) in [6.07, 6.45) is 0. The second-order valence-corrected chi connectivity index (χ2v) is 10.2. The lowest BCUT2D eigenvalue weighted by molar-refractivity contribution is 0.104. The van der Waals surface area contributed by atoms with Crippen LogP contribution in [0.25, 0.3) is 33.4 Å². The summed E-state index contributed by atoms with van der Waals surface area (Å²) in [7, 11) is 1.87. The molecule has 4 nitrogen and oxygen atoms in total. The highest BCUT2D eigenvalue weighted by molar-refractivity contribution is 9.10. The number of pyridine rings is 1. The third kappa shape index (κ3) is 4.01. The smallest absolute Gasteiger partial charge is 0.194 e. The summed E-state index contributed by atoms with van der Waals surface area (Å²) in [5, 5.41) is 5.41. The average Bonchev–Trinajstić information content (AvgIpc) is 3.12. The molecule has 0 aliphatic carbocycles. The highest BCUT2D eigenvalue weighted by Crippen LogP contribution is 2.40. The molecule has 0 N–H and O–H groups in total. The molecular weight excluding hydrogens is 554 g/mol. The summed E-state index contributed by atoms with van der Waals surface area (Å²) in [6.45, 7) is 3.99. The molecule has 2 heterocycles. The molecule has 0 saturated heterocycles. The topological polar surface area (TPSA) is 47.8 Å². The van der Waals surface area contributed by atoms with Crippen molar-refractivity contribution >= 4 is 48.7 Å². The van der Waals surface area contributed by atoms with Gasteiger partial charge < -0.3 is 0 Å². The summed E-state index contributed by atoms with van der Waals surface area (Å²) in [5.41, 5.74) is 7.32. The Morgan fingerprint density at radius 3 is 1.97 bits per heavy atom. The van der Waals surface area contributed by atoms with Crippen molar-refractivity contribution in [2.75, 3.05) is 0 Å². The number of hydrogen-bond donors (Lipinski definition) is 0. The quantitative estimate of drug-likeness (QED) is 0.207. The lowest BCUT2D eigenvalue weighted by atomic mass is 9.88. The molecule has 0 saturated carbocycles. The normalized spacial score (nSPS) is 11.2. The van der Waals surface area contributed by atoms with Gasteiger partial charge in [0.25, 0.3) is 0 Å². The molecule has 5 aromatic rings. The van der Waals surface area contributed by atoms with E-state index in [2.05, 4.69) is 68.1 Å². The molecule has 0 amide bonds. The number of ketones is 1. The van der Waals surface area contributed by atoms with E-state index in [0.29, 0.717) is 16.8 Å². The molecule has 2 aromatic heterocycles. The molecule has 0 fully saturated rings. The Hall–Kier alpha value is -3.09. The maximum absolute atomic E-state index is 14.1. The highest BCUT2D eigenvalue weighted by atomic mass is 79.9. The SMILES string of the molecule is Cc1ccc(-c2c(-c3ccc(Br)cc3)nc3c(c(C)nn3C)c2C(=O)c2ccc(Br)cc2)cc1. The van der Waals surface area contributed by atoms with Gasteiger partial charge in [-0.05, 0) is 55.8 Å². The van der Waals surface area contributed by atoms with Crippen LogP contribution >= 0.6 is 31.9 Å². The lowest BCUT2D eigenvalue weighted by Crippen LogP contribution is -2.08. The van der Waals surface area contributed by atoms with Crippen LogP contribution in [0.3, 0.4) is 0 Å². The van der Waals surface area contributed by atoms with Crippen molar-refractivity contribution in [3.05, 3.63) is 104 Å². The van der Waals surface area contributed by atoms with E-state index in [1.165, 1.54) is 0 Å². The summed E-state index contributed by atoms with van der Waals surface area (Å²) >= 11 is 7.00. The fraction of sp³-hybridized carbons (Fsp3) is 0.107. The standard InChI is InChI=1S/C28H21Br2N3O/c1-16-4-6-18(7-5-16)24-25(27(34)20-10-14-22(30)15-11-20)23-17(2)32-33(3)28(23)31-26(24)19-8-12-21(29)13-9-19/h4-15H,1-3H3. The zero-order valence-electron chi connectivity index (χ0n) is 18.9. The fourth-order valence-corrected chi connectivity index (χ4v) is 4.79. The second-order valence-electron chi connectivity index (χ2n) is 8.33. The fourth-order valence-electron chi connectivity index (χ4n) is 4.26. The lowest BCUT2D eigenvalue weighted by Gasteiger charge is -2.17. The summed E-state index contributed by atoms with van der Waals surface area (Å²) in [5.74, 6) is -0.0510. The maximum Gasteiger partial charge on any atom is 0.194 e. The third-order valence-corrected chi connectivity index (χ3v) is 7.00. The number of carbonyl (C=O) groups is 1. The number of nitrogens with zero attached hydrogens (tertiary/aromatic N) is 3. The molecule has 3 aromatic carbocycles. The van der Waals surface area contributed by atoms with Crippen LogP contribution in [-0.2, 0) is 7.05 Å². The molecule has 0 spiro atoms. The summed E-state index contributed by atoms with van der Waals surface area (Å²) < 4.78 is 3.66. The van der Waals surface area contributed by atoms with Crippen LogP contribution in [0.2, 0.25) is 0 Å². The van der Waals surface area contributed by atoms with Gasteiger partial charge in [0, 0.05) is 38.2 Å². The minimum Gasteiger partial charge on any atom is -0.289 e.